The van der Waals surface area contributed by atoms with Crippen LogP contribution in [0.4, 0.5) is 0 Å². The van der Waals surface area contributed by atoms with Crippen LogP contribution in [0.15, 0.2) is 18.2 Å². The number of benzene rings is 1. The Morgan fingerprint density at radius 2 is 1.67 bits per heavy atom. The number of rotatable bonds is 7. The fourth-order valence-electron chi connectivity index (χ4n) is 2.52. The lowest BCUT2D eigenvalue weighted by molar-refractivity contribution is 0.375. The number of hydrogen-bond donors (Lipinski definition) is 1. The van der Waals surface area contributed by atoms with E-state index in [1.54, 1.807) is 0 Å². The van der Waals surface area contributed by atoms with Crippen LogP contribution in [0.5, 0.6) is 0 Å². The molecule has 1 aromatic carbocycles. The first-order chi connectivity index (χ1) is 8.62. The SMILES string of the molecule is CCNC(CC(CC)CC)c1ccc(C)c(C)c1. The van der Waals surface area contributed by atoms with Crippen molar-refractivity contribution in [1.82, 2.24) is 5.32 Å². The molecule has 0 amide bonds. The van der Waals surface area contributed by atoms with Gasteiger partial charge in [-0.05, 0) is 49.4 Å². The first-order valence-corrected chi connectivity index (χ1v) is 7.42. The van der Waals surface area contributed by atoms with Crippen molar-refractivity contribution >= 4 is 0 Å². The van der Waals surface area contributed by atoms with Crippen molar-refractivity contribution in [2.24, 2.45) is 5.92 Å². The summed E-state index contributed by atoms with van der Waals surface area (Å²) in [7, 11) is 0. The summed E-state index contributed by atoms with van der Waals surface area (Å²) in [5, 5.41) is 3.64. The Labute approximate surface area is 113 Å². The van der Waals surface area contributed by atoms with Crippen molar-refractivity contribution in [1.29, 1.82) is 0 Å². The Hall–Kier alpha value is -0.820. The molecule has 1 heteroatoms. The van der Waals surface area contributed by atoms with Gasteiger partial charge in [-0.25, -0.2) is 0 Å². The second kappa shape index (κ2) is 7.58. The summed E-state index contributed by atoms with van der Waals surface area (Å²) in [5.74, 6) is 0.829. The highest BCUT2D eigenvalue weighted by atomic mass is 14.9. The van der Waals surface area contributed by atoms with Gasteiger partial charge >= 0.3 is 0 Å². The van der Waals surface area contributed by atoms with Gasteiger partial charge in [0.05, 0.1) is 0 Å². The molecule has 0 saturated heterocycles. The summed E-state index contributed by atoms with van der Waals surface area (Å²) in [6, 6.07) is 7.41. The summed E-state index contributed by atoms with van der Waals surface area (Å²) >= 11 is 0. The second-order valence-corrected chi connectivity index (χ2v) is 5.37. The van der Waals surface area contributed by atoms with Gasteiger partial charge in [0.2, 0.25) is 0 Å². The van der Waals surface area contributed by atoms with Gasteiger partial charge in [0.1, 0.15) is 0 Å². The molecular weight excluding hydrogens is 218 g/mol. The lowest BCUT2D eigenvalue weighted by atomic mass is 9.90. The minimum atomic E-state index is 0.513. The van der Waals surface area contributed by atoms with Crippen LogP contribution in [0.1, 0.15) is 62.8 Å². The summed E-state index contributed by atoms with van der Waals surface area (Å²) in [5.41, 5.74) is 4.24. The van der Waals surface area contributed by atoms with Crippen molar-refractivity contribution in [3.63, 3.8) is 0 Å². The normalized spacial score (nSPS) is 13.0. The monoisotopic (exact) mass is 247 g/mol. The summed E-state index contributed by atoms with van der Waals surface area (Å²) in [6.45, 7) is 12.2. The first kappa shape index (κ1) is 15.2. The third-order valence-corrected chi connectivity index (χ3v) is 4.11. The van der Waals surface area contributed by atoms with Gasteiger partial charge in [0.15, 0.2) is 0 Å². The van der Waals surface area contributed by atoms with Crippen molar-refractivity contribution in [2.75, 3.05) is 6.54 Å². The van der Waals surface area contributed by atoms with Crippen LogP contribution in [-0.4, -0.2) is 6.54 Å². The molecule has 1 rings (SSSR count). The maximum absolute atomic E-state index is 3.64. The number of hydrogen-bond acceptors (Lipinski definition) is 1. The molecule has 102 valence electrons. The first-order valence-electron chi connectivity index (χ1n) is 7.42. The zero-order chi connectivity index (χ0) is 13.5. The highest BCUT2D eigenvalue weighted by Gasteiger charge is 2.15. The van der Waals surface area contributed by atoms with Gasteiger partial charge in [-0.15, -0.1) is 0 Å². The number of nitrogens with one attached hydrogen (secondary N) is 1. The minimum absolute atomic E-state index is 0.513. The van der Waals surface area contributed by atoms with Crippen LogP contribution in [0.3, 0.4) is 0 Å². The van der Waals surface area contributed by atoms with E-state index in [2.05, 4.69) is 58.1 Å². The second-order valence-electron chi connectivity index (χ2n) is 5.37. The van der Waals surface area contributed by atoms with Gasteiger partial charge in [-0.1, -0.05) is 51.8 Å². The summed E-state index contributed by atoms with van der Waals surface area (Å²) in [4.78, 5) is 0. The predicted octanol–water partition coefficient (Wildman–Crippen LogP) is 4.78. The molecule has 0 heterocycles. The van der Waals surface area contributed by atoms with Gasteiger partial charge in [-0.3, -0.25) is 0 Å². The Morgan fingerprint density at radius 3 is 2.17 bits per heavy atom. The van der Waals surface area contributed by atoms with Crippen LogP contribution in [-0.2, 0) is 0 Å². The Kier molecular flexibility index (Phi) is 6.42. The average molecular weight is 247 g/mol. The quantitative estimate of drug-likeness (QED) is 0.731. The molecule has 1 atom stereocenters. The molecule has 1 unspecified atom stereocenters. The van der Waals surface area contributed by atoms with Crippen LogP contribution in [0, 0.1) is 19.8 Å². The molecule has 0 radical (unpaired) electrons. The number of aryl methyl sites for hydroxylation is 2. The van der Waals surface area contributed by atoms with Crippen LogP contribution in [0.2, 0.25) is 0 Å². The third-order valence-electron chi connectivity index (χ3n) is 4.11. The van der Waals surface area contributed by atoms with Crippen molar-refractivity contribution in [3.8, 4) is 0 Å². The highest BCUT2D eigenvalue weighted by molar-refractivity contribution is 5.31. The summed E-state index contributed by atoms with van der Waals surface area (Å²) < 4.78 is 0. The van der Waals surface area contributed by atoms with E-state index in [0.717, 1.165) is 12.5 Å². The van der Waals surface area contributed by atoms with Gasteiger partial charge in [0.25, 0.3) is 0 Å². The van der Waals surface area contributed by atoms with E-state index in [1.807, 2.05) is 0 Å². The summed E-state index contributed by atoms with van der Waals surface area (Å²) in [6.07, 6.45) is 3.82. The largest absolute Gasteiger partial charge is 0.310 e. The molecule has 1 N–H and O–H groups in total. The molecule has 0 spiro atoms. The van der Waals surface area contributed by atoms with E-state index in [4.69, 9.17) is 0 Å². The van der Waals surface area contributed by atoms with E-state index in [0.29, 0.717) is 6.04 Å². The van der Waals surface area contributed by atoms with Crippen LogP contribution < -0.4 is 5.32 Å². The van der Waals surface area contributed by atoms with Crippen molar-refractivity contribution < 1.29 is 0 Å². The van der Waals surface area contributed by atoms with Gasteiger partial charge in [0, 0.05) is 6.04 Å². The Bertz CT molecular complexity index is 353. The van der Waals surface area contributed by atoms with E-state index < -0.39 is 0 Å². The topological polar surface area (TPSA) is 12.0 Å². The molecule has 18 heavy (non-hydrogen) atoms. The molecule has 1 nitrogen and oxygen atoms in total. The lowest BCUT2D eigenvalue weighted by Gasteiger charge is -2.24. The van der Waals surface area contributed by atoms with E-state index in [1.165, 1.54) is 36.0 Å². The standard InChI is InChI=1S/C17H29N/c1-6-15(7-2)12-17(18-8-3)16-10-9-13(4)14(5)11-16/h9-11,15,17-18H,6-8,12H2,1-5H3. The minimum Gasteiger partial charge on any atom is -0.310 e. The van der Waals surface area contributed by atoms with E-state index >= 15 is 0 Å². The molecular formula is C17H29N. The Balaban J connectivity index is 2.85. The van der Waals surface area contributed by atoms with Crippen LogP contribution >= 0.6 is 0 Å². The zero-order valence-corrected chi connectivity index (χ0v) is 12.7. The maximum atomic E-state index is 3.64. The molecule has 0 bridgehead atoms. The molecule has 0 fully saturated rings. The molecule has 0 saturated carbocycles. The Morgan fingerprint density at radius 1 is 1.00 bits per heavy atom. The average Bonchev–Trinajstić information content (AvgIpc) is 2.38. The maximum Gasteiger partial charge on any atom is 0.0322 e. The molecule has 0 aliphatic heterocycles. The lowest BCUT2D eigenvalue weighted by Crippen LogP contribution is -2.23. The van der Waals surface area contributed by atoms with E-state index in [-0.39, 0.29) is 0 Å². The molecule has 0 aliphatic carbocycles. The zero-order valence-electron chi connectivity index (χ0n) is 12.7. The molecule has 0 aliphatic rings. The van der Waals surface area contributed by atoms with Gasteiger partial charge < -0.3 is 5.32 Å². The molecule has 0 aromatic heterocycles. The van der Waals surface area contributed by atoms with Crippen molar-refractivity contribution in [2.45, 2.75) is 59.9 Å². The molecule has 1 aromatic rings. The third kappa shape index (κ3) is 4.13. The smallest absolute Gasteiger partial charge is 0.0322 e. The van der Waals surface area contributed by atoms with Crippen LogP contribution in [0.25, 0.3) is 0 Å². The van der Waals surface area contributed by atoms with Crippen molar-refractivity contribution in [3.05, 3.63) is 34.9 Å². The fourth-order valence-corrected chi connectivity index (χ4v) is 2.52. The predicted molar refractivity (Wildman–Crippen MR) is 81.0 cm³/mol. The van der Waals surface area contributed by atoms with Gasteiger partial charge in [-0.2, -0.15) is 0 Å². The highest BCUT2D eigenvalue weighted by Crippen LogP contribution is 2.26. The van der Waals surface area contributed by atoms with E-state index in [9.17, 15) is 0 Å². The fraction of sp³-hybridized carbons (Fsp3) is 0.647.